The first-order valence-electron chi connectivity index (χ1n) is 6.25. The molecule has 1 aromatic rings. The summed E-state index contributed by atoms with van der Waals surface area (Å²) >= 11 is 5.72. The molecule has 1 saturated heterocycles. The smallest absolute Gasteiger partial charge is 0.137 e. The van der Waals surface area contributed by atoms with Gasteiger partial charge in [0.05, 0.1) is 12.8 Å². The van der Waals surface area contributed by atoms with Gasteiger partial charge >= 0.3 is 0 Å². The van der Waals surface area contributed by atoms with Crippen LogP contribution in [0.2, 0.25) is 5.15 Å². The average Bonchev–Trinajstić information content (AvgIpc) is 2.38. The van der Waals surface area contributed by atoms with Crippen LogP contribution in [0.5, 0.6) is 5.75 Å². The van der Waals surface area contributed by atoms with Gasteiger partial charge in [-0.05, 0) is 26.0 Å². The Morgan fingerprint density at radius 3 is 3.06 bits per heavy atom. The summed E-state index contributed by atoms with van der Waals surface area (Å²) in [5, 5.41) is 0.474. The van der Waals surface area contributed by atoms with Gasteiger partial charge in [-0.15, -0.1) is 0 Å². The second-order valence-electron chi connectivity index (χ2n) is 4.71. The number of nitrogens with zero attached hydrogens (tertiary/aromatic N) is 2. The van der Waals surface area contributed by atoms with Gasteiger partial charge in [-0.25, -0.2) is 4.98 Å². The molecule has 0 aliphatic carbocycles. The molecule has 2 heterocycles. The van der Waals surface area contributed by atoms with E-state index in [4.69, 9.17) is 21.1 Å². The lowest BCUT2D eigenvalue weighted by Gasteiger charge is -2.35. The molecule has 5 heteroatoms. The lowest BCUT2D eigenvalue weighted by Crippen LogP contribution is -2.47. The number of hydrogen-bond donors (Lipinski definition) is 0. The molecule has 1 unspecified atom stereocenters. The van der Waals surface area contributed by atoms with Crippen LogP contribution in [0.25, 0.3) is 0 Å². The maximum Gasteiger partial charge on any atom is 0.137 e. The monoisotopic (exact) mass is 270 g/mol. The van der Waals surface area contributed by atoms with Gasteiger partial charge in [-0.2, -0.15) is 0 Å². The van der Waals surface area contributed by atoms with E-state index in [1.165, 1.54) is 0 Å². The van der Waals surface area contributed by atoms with Gasteiger partial charge in [0.15, 0.2) is 0 Å². The van der Waals surface area contributed by atoms with Crippen LogP contribution in [0.3, 0.4) is 0 Å². The van der Waals surface area contributed by atoms with Gasteiger partial charge < -0.3 is 9.47 Å². The minimum Gasteiger partial charge on any atom is -0.489 e. The van der Waals surface area contributed by atoms with Crippen molar-refractivity contribution in [3.8, 4) is 5.75 Å². The maximum absolute atomic E-state index is 5.72. The molecule has 100 valence electrons. The Bertz CT molecular complexity index is 370. The normalized spacial score (nSPS) is 21.2. The lowest BCUT2D eigenvalue weighted by atomic mass is 10.2. The Morgan fingerprint density at radius 2 is 2.39 bits per heavy atom. The molecule has 18 heavy (non-hydrogen) atoms. The molecule has 0 amide bonds. The molecule has 2 rings (SSSR count). The summed E-state index contributed by atoms with van der Waals surface area (Å²) in [6, 6.07) is 4.09. The predicted octanol–water partition coefficient (Wildman–Crippen LogP) is 2.22. The summed E-state index contributed by atoms with van der Waals surface area (Å²) < 4.78 is 11.3. The summed E-state index contributed by atoms with van der Waals surface area (Å²) in [7, 11) is 0. The molecule has 1 atom stereocenters. The molecular formula is C13H19ClN2O2. The third-order valence-electron chi connectivity index (χ3n) is 3.04. The number of pyridine rings is 1. The highest BCUT2D eigenvalue weighted by Crippen LogP contribution is 2.14. The molecule has 1 aliphatic heterocycles. The topological polar surface area (TPSA) is 34.6 Å². The van der Waals surface area contributed by atoms with Crippen LogP contribution >= 0.6 is 11.6 Å². The van der Waals surface area contributed by atoms with Gasteiger partial charge in [0, 0.05) is 19.1 Å². The van der Waals surface area contributed by atoms with Crippen molar-refractivity contribution < 1.29 is 9.47 Å². The van der Waals surface area contributed by atoms with Gasteiger partial charge in [-0.1, -0.05) is 11.6 Å². The van der Waals surface area contributed by atoms with E-state index in [-0.39, 0.29) is 6.10 Å². The summed E-state index contributed by atoms with van der Waals surface area (Å²) in [6.45, 7) is 7.63. The van der Waals surface area contributed by atoms with Crippen molar-refractivity contribution in [2.45, 2.75) is 26.0 Å². The number of rotatable bonds is 4. The molecule has 0 bridgehead atoms. The van der Waals surface area contributed by atoms with Gasteiger partial charge in [0.25, 0.3) is 0 Å². The fourth-order valence-corrected chi connectivity index (χ4v) is 2.06. The van der Waals surface area contributed by atoms with E-state index < -0.39 is 0 Å². The molecule has 1 aliphatic rings. The van der Waals surface area contributed by atoms with Gasteiger partial charge in [0.1, 0.15) is 23.6 Å². The zero-order valence-corrected chi connectivity index (χ0v) is 11.6. The first kappa shape index (κ1) is 13.6. The number of ether oxygens (including phenoxy) is 2. The fourth-order valence-electron chi connectivity index (χ4n) is 1.95. The summed E-state index contributed by atoms with van der Waals surface area (Å²) in [6.07, 6.45) is 1.75. The molecule has 1 aromatic heterocycles. The predicted molar refractivity (Wildman–Crippen MR) is 71.2 cm³/mol. The minimum atomic E-state index is 0.122. The van der Waals surface area contributed by atoms with Crippen LogP contribution in [-0.2, 0) is 4.74 Å². The van der Waals surface area contributed by atoms with E-state index in [0.717, 1.165) is 25.4 Å². The van der Waals surface area contributed by atoms with E-state index in [1.807, 2.05) is 6.07 Å². The highest BCUT2D eigenvalue weighted by atomic mass is 35.5. The summed E-state index contributed by atoms with van der Waals surface area (Å²) in [4.78, 5) is 6.38. The zero-order valence-electron chi connectivity index (χ0n) is 10.8. The summed E-state index contributed by atoms with van der Waals surface area (Å²) in [5.41, 5.74) is 0. The van der Waals surface area contributed by atoms with Crippen molar-refractivity contribution in [2.75, 3.05) is 26.3 Å². The first-order valence-corrected chi connectivity index (χ1v) is 6.63. The quantitative estimate of drug-likeness (QED) is 0.786. The Balaban J connectivity index is 1.81. The Kier molecular flexibility index (Phi) is 4.80. The minimum absolute atomic E-state index is 0.122. The van der Waals surface area contributed by atoms with Crippen molar-refractivity contribution in [1.82, 2.24) is 9.88 Å². The van der Waals surface area contributed by atoms with Crippen molar-refractivity contribution >= 4 is 11.6 Å². The lowest BCUT2D eigenvalue weighted by molar-refractivity contribution is -0.0564. The van der Waals surface area contributed by atoms with Gasteiger partial charge in [0.2, 0.25) is 0 Å². The van der Waals surface area contributed by atoms with Crippen LogP contribution in [0.1, 0.15) is 13.8 Å². The van der Waals surface area contributed by atoms with Crippen molar-refractivity contribution in [3.63, 3.8) is 0 Å². The van der Waals surface area contributed by atoms with Crippen molar-refractivity contribution in [1.29, 1.82) is 0 Å². The van der Waals surface area contributed by atoms with E-state index in [1.54, 1.807) is 12.3 Å². The second kappa shape index (κ2) is 6.36. The van der Waals surface area contributed by atoms with E-state index in [2.05, 4.69) is 23.7 Å². The Labute approximate surface area is 113 Å². The molecule has 0 N–H and O–H groups in total. The van der Waals surface area contributed by atoms with Crippen LogP contribution in [0, 0.1) is 0 Å². The summed E-state index contributed by atoms with van der Waals surface area (Å²) in [5.74, 6) is 0.727. The number of hydrogen-bond acceptors (Lipinski definition) is 4. The maximum atomic E-state index is 5.72. The van der Waals surface area contributed by atoms with Gasteiger partial charge in [-0.3, -0.25) is 4.90 Å². The molecule has 0 radical (unpaired) electrons. The van der Waals surface area contributed by atoms with E-state index in [9.17, 15) is 0 Å². The van der Waals surface area contributed by atoms with Crippen LogP contribution in [0.4, 0.5) is 0 Å². The fraction of sp³-hybridized carbons (Fsp3) is 0.615. The van der Waals surface area contributed by atoms with Crippen LogP contribution < -0.4 is 4.74 Å². The second-order valence-corrected chi connectivity index (χ2v) is 5.10. The molecule has 0 aromatic carbocycles. The Hall–Kier alpha value is -0.840. The SMILES string of the molecule is CC(C)N1CCOC(COc2ccc(Cl)nc2)C1. The number of morpholine rings is 1. The van der Waals surface area contributed by atoms with Crippen LogP contribution in [0.15, 0.2) is 18.3 Å². The highest BCUT2D eigenvalue weighted by molar-refractivity contribution is 6.29. The average molecular weight is 271 g/mol. The third kappa shape index (κ3) is 3.83. The molecule has 4 nitrogen and oxygen atoms in total. The third-order valence-corrected chi connectivity index (χ3v) is 3.26. The van der Waals surface area contributed by atoms with Crippen molar-refractivity contribution in [3.05, 3.63) is 23.5 Å². The number of halogens is 1. The largest absolute Gasteiger partial charge is 0.489 e. The first-order chi connectivity index (χ1) is 8.65. The standard InChI is InChI=1S/C13H19ClN2O2/c1-10(2)16-5-6-17-12(8-16)9-18-11-3-4-13(14)15-7-11/h3-4,7,10,12H,5-6,8-9H2,1-2H3. The molecular weight excluding hydrogens is 252 g/mol. The zero-order chi connectivity index (χ0) is 13.0. The van der Waals surface area contributed by atoms with E-state index >= 15 is 0 Å². The molecule has 1 fully saturated rings. The highest BCUT2D eigenvalue weighted by Gasteiger charge is 2.22. The van der Waals surface area contributed by atoms with Crippen molar-refractivity contribution in [2.24, 2.45) is 0 Å². The molecule has 0 spiro atoms. The van der Waals surface area contributed by atoms with E-state index in [0.29, 0.717) is 17.8 Å². The Morgan fingerprint density at radius 1 is 1.56 bits per heavy atom. The number of aromatic nitrogens is 1. The van der Waals surface area contributed by atoms with Crippen LogP contribution in [-0.4, -0.2) is 48.3 Å². The molecule has 0 saturated carbocycles.